The fraction of sp³-hybridized carbons (Fsp3) is 0.222. The Balaban J connectivity index is 1.29. The van der Waals surface area contributed by atoms with Crippen LogP contribution in [0.25, 0.3) is 12.2 Å². The Morgan fingerprint density at radius 1 is 0.676 bits per heavy atom. The van der Waals surface area contributed by atoms with E-state index in [-0.39, 0.29) is 5.82 Å². The van der Waals surface area contributed by atoms with Gasteiger partial charge in [-0.05, 0) is 84.4 Å². The van der Waals surface area contributed by atoms with E-state index in [9.17, 15) is 4.39 Å². The van der Waals surface area contributed by atoms with Gasteiger partial charge in [-0.3, -0.25) is 0 Å². The molecule has 0 amide bonds. The molecule has 0 aliphatic rings. The number of halogens is 1. The number of hydrogen-bond donors (Lipinski definition) is 0. The first-order valence-corrected chi connectivity index (χ1v) is 13.4. The standard InChI is InChI=1S/C36H37F/c1-3-4-6-9-29-12-14-30(15-13-29)16-17-31-18-20-32(21-19-31)22-24-35-25-23-33(27-36(35)37)26-28(2)34-10-7-5-8-11-34/h3-5,7-8,10-15,18-25,27-28H,6,9,16-17,26H2,1-2H3/b4-3+,24-22+. The lowest BCUT2D eigenvalue weighted by atomic mass is 9.93. The van der Waals surface area contributed by atoms with E-state index in [2.05, 4.69) is 98.8 Å². The molecule has 188 valence electrons. The first kappa shape index (κ1) is 26.4. The van der Waals surface area contributed by atoms with Gasteiger partial charge in [0.05, 0.1) is 0 Å². The van der Waals surface area contributed by atoms with Gasteiger partial charge in [0.15, 0.2) is 0 Å². The Labute approximate surface area is 222 Å². The summed E-state index contributed by atoms with van der Waals surface area (Å²) in [5, 5.41) is 0. The monoisotopic (exact) mass is 488 g/mol. The third kappa shape index (κ3) is 8.15. The van der Waals surface area contributed by atoms with Gasteiger partial charge in [-0.2, -0.15) is 0 Å². The summed E-state index contributed by atoms with van der Waals surface area (Å²) in [4.78, 5) is 0. The second-order valence-electron chi connectivity index (χ2n) is 9.87. The normalized spacial score (nSPS) is 12.4. The molecule has 0 radical (unpaired) electrons. The van der Waals surface area contributed by atoms with Crippen LogP contribution in [0.5, 0.6) is 0 Å². The van der Waals surface area contributed by atoms with Crippen molar-refractivity contribution in [1.82, 2.24) is 0 Å². The SMILES string of the molecule is C/C=C/CCc1ccc(CCc2ccc(/C=C/c3ccc(CC(C)c4ccccc4)cc3F)cc2)cc1. The molecule has 1 heteroatoms. The van der Waals surface area contributed by atoms with E-state index in [0.717, 1.165) is 43.2 Å². The van der Waals surface area contributed by atoms with Gasteiger partial charge < -0.3 is 0 Å². The molecule has 37 heavy (non-hydrogen) atoms. The van der Waals surface area contributed by atoms with Crippen LogP contribution in [0.3, 0.4) is 0 Å². The first-order valence-electron chi connectivity index (χ1n) is 13.4. The minimum Gasteiger partial charge on any atom is -0.206 e. The molecule has 0 fully saturated rings. The Morgan fingerprint density at radius 3 is 1.89 bits per heavy atom. The van der Waals surface area contributed by atoms with E-state index in [4.69, 9.17) is 0 Å². The van der Waals surface area contributed by atoms with Crippen LogP contribution in [0.2, 0.25) is 0 Å². The van der Waals surface area contributed by atoms with Crippen LogP contribution in [0.4, 0.5) is 4.39 Å². The summed E-state index contributed by atoms with van der Waals surface area (Å²) >= 11 is 0. The molecule has 4 rings (SSSR count). The van der Waals surface area contributed by atoms with Crippen LogP contribution in [-0.4, -0.2) is 0 Å². The molecule has 0 bridgehead atoms. The average Bonchev–Trinajstić information content (AvgIpc) is 2.93. The van der Waals surface area contributed by atoms with Gasteiger partial charge in [-0.1, -0.05) is 122 Å². The van der Waals surface area contributed by atoms with Gasteiger partial charge in [0, 0.05) is 5.56 Å². The Kier molecular flexibility index (Phi) is 9.66. The molecule has 0 nitrogen and oxygen atoms in total. The van der Waals surface area contributed by atoms with Crippen molar-refractivity contribution in [2.24, 2.45) is 0 Å². The lowest BCUT2D eigenvalue weighted by Crippen LogP contribution is -1.99. The van der Waals surface area contributed by atoms with Gasteiger partial charge in [0.2, 0.25) is 0 Å². The van der Waals surface area contributed by atoms with Gasteiger partial charge in [0.1, 0.15) is 5.82 Å². The molecular formula is C36H37F. The molecule has 0 saturated heterocycles. The highest BCUT2D eigenvalue weighted by Crippen LogP contribution is 2.22. The van der Waals surface area contributed by atoms with Crippen molar-refractivity contribution in [2.45, 2.75) is 51.9 Å². The number of benzene rings is 4. The van der Waals surface area contributed by atoms with Crippen LogP contribution in [-0.2, 0) is 25.7 Å². The lowest BCUT2D eigenvalue weighted by Gasteiger charge is -2.12. The molecule has 4 aromatic carbocycles. The second kappa shape index (κ2) is 13.6. The maximum absolute atomic E-state index is 14.8. The summed E-state index contributed by atoms with van der Waals surface area (Å²) in [6, 6.07) is 33.6. The number of aryl methyl sites for hydroxylation is 3. The highest BCUT2D eigenvalue weighted by molar-refractivity contribution is 5.70. The Morgan fingerprint density at radius 2 is 1.27 bits per heavy atom. The highest BCUT2D eigenvalue weighted by atomic mass is 19.1. The van der Waals surface area contributed by atoms with Gasteiger partial charge in [0.25, 0.3) is 0 Å². The third-order valence-electron chi connectivity index (χ3n) is 6.97. The molecule has 0 aliphatic carbocycles. The zero-order valence-electron chi connectivity index (χ0n) is 22.0. The van der Waals surface area contributed by atoms with Gasteiger partial charge in [-0.15, -0.1) is 0 Å². The smallest absolute Gasteiger partial charge is 0.130 e. The maximum Gasteiger partial charge on any atom is 0.130 e. The average molecular weight is 489 g/mol. The summed E-state index contributed by atoms with van der Waals surface area (Å²) < 4.78 is 14.8. The van der Waals surface area contributed by atoms with Crippen molar-refractivity contribution >= 4 is 12.2 Å². The maximum atomic E-state index is 14.8. The topological polar surface area (TPSA) is 0 Å². The van der Waals surface area contributed by atoms with Crippen molar-refractivity contribution in [3.05, 3.63) is 154 Å². The largest absolute Gasteiger partial charge is 0.206 e. The van der Waals surface area contributed by atoms with Crippen molar-refractivity contribution in [3.8, 4) is 0 Å². The molecule has 0 aromatic heterocycles. The molecule has 1 unspecified atom stereocenters. The fourth-order valence-electron chi connectivity index (χ4n) is 4.65. The van der Waals surface area contributed by atoms with Gasteiger partial charge in [-0.25, -0.2) is 4.39 Å². The highest BCUT2D eigenvalue weighted by Gasteiger charge is 2.08. The summed E-state index contributed by atoms with van der Waals surface area (Å²) in [5.41, 5.74) is 8.09. The molecule has 0 saturated carbocycles. The summed E-state index contributed by atoms with van der Waals surface area (Å²) in [5.74, 6) is 0.187. The predicted octanol–water partition coefficient (Wildman–Crippen LogP) is 9.64. The fourth-order valence-corrected chi connectivity index (χ4v) is 4.65. The minimum atomic E-state index is -0.168. The summed E-state index contributed by atoms with van der Waals surface area (Å²) in [6.07, 6.45) is 13.3. The zero-order chi connectivity index (χ0) is 25.9. The van der Waals surface area contributed by atoms with E-state index in [0.29, 0.717) is 11.5 Å². The van der Waals surface area contributed by atoms with Crippen LogP contribution in [0, 0.1) is 5.82 Å². The summed E-state index contributed by atoms with van der Waals surface area (Å²) in [6.45, 7) is 4.26. The Hall–Kier alpha value is -3.71. The molecule has 1 atom stereocenters. The number of allylic oxidation sites excluding steroid dienone is 2. The van der Waals surface area contributed by atoms with Crippen molar-refractivity contribution < 1.29 is 4.39 Å². The molecule has 0 aliphatic heterocycles. The molecule has 0 spiro atoms. The molecule has 0 heterocycles. The molecule has 0 N–H and O–H groups in total. The predicted molar refractivity (Wildman–Crippen MR) is 157 cm³/mol. The van der Waals surface area contributed by atoms with E-state index in [1.807, 2.05) is 30.4 Å². The lowest BCUT2D eigenvalue weighted by molar-refractivity contribution is 0.620. The van der Waals surface area contributed by atoms with Crippen molar-refractivity contribution in [1.29, 1.82) is 0 Å². The second-order valence-corrected chi connectivity index (χ2v) is 9.87. The zero-order valence-corrected chi connectivity index (χ0v) is 22.0. The van der Waals surface area contributed by atoms with Crippen LogP contribution in [0.15, 0.2) is 109 Å². The van der Waals surface area contributed by atoms with Crippen LogP contribution >= 0.6 is 0 Å². The van der Waals surface area contributed by atoms with E-state index in [1.165, 1.54) is 22.3 Å². The van der Waals surface area contributed by atoms with Crippen molar-refractivity contribution in [2.75, 3.05) is 0 Å². The van der Waals surface area contributed by atoms with E-state index < -0.39 is 0 Å². The van der Waals surface area contributed by atoms with Crippen molar-refractivity contribution in [3.63, 3.8) is 0 Å². The molecular weight excluding hydrogens is 451 g/mol. The van der Waals surface area contributed by atoms with E-state index >= 15 is 0 Å². The first-order chi connectivity index (χ1) is 18.1. The van der Waals surface area contributed by atoms with E-state index in [1.54, 1.807) is 6.07 Å². The minimum absolute atomic E-state index is 0.168. The summed E-state index contributed by atoms with van der Waals surface area (Å²) in [7, 11) is 0. The quantitative estimate of drug-likeness (QED) is 0.146. The Bertz CT molecular complexity index is 1300. The van der Waals surface area contributed by atoms with Crippen LogP contribution < -0.4 is 0 Å². The van der Waals surface area contributed by atoms with Crippen LogP contribution in [0.1, 0.15) is 65.1 Å². The number of hydrogen-bond acceptors (Lipinski definition) is 0. The molecule has 4 aromatic rings. The third-order valence-corrected chi connectivity index (χ3v) is 6.97. The van der Waals surface area contributed by atoms with Gasteiger partial charge >= 0.3 is 0 Å². The number of rotatable bonds is 11.